The first-order valence-electron chi connectivity index (χ1n) is 4.92. The summed E-state index contributed by atoms with van der Waals surface area (Å²) in [5, 5.41) is 8.83. The van der Waals surface area contributed by atoms with Gasteiger partial charge in [0.2, 0.25) is 5.91 Å². The fourth-order valence-corrected chi connectivity index (χ4v) is 1.26. The number of amides is 1. The molecule has 1 atom stereocenters. The van der Waals surface area contributed by atoms with Crippen LogP contribution in [0, 0.1) is 5.92 Å². The first-order chi connectivity index (χ1) is 6.49. The Hall–Kier alpha value is -1.06. The van der Waals surface area contributed by atoms with Crippen LogP contribution in [0.1, 0.15) is 32.6 Å². The summed E-state index contributed by atoms with van der Waals surface area (Å²) >= 11 is 0. The molecule has 4 heteroatoms. The smallest absolute Gasteiger partial charge is 0.306 e. The standard InChI is InChI=1S/C10H19NO3/c1-4-5-8(10(13)14)6-7-9(12)11(2)3/h8H,4-7H2,1-3H3,(H,13,14). The largest absolute Gasteiger partial charge is 0.481 e. The van der Waals surface area contributed by atoms with Crippen molar-refractivity contribution in [2.45, 2.75) is 32.6 Å². The SMILES string of the molecule is CCCC(CCC(=O)N(C)C)C(=O)O. The predicted octanol–water partition coefficient (Wildman–Crippen LogP) is 1.36. The maximum absolute atomic E-state index is 11.2. The van der Waals surface area contributed by atoms with Gasteiger partial charge in [0.1, 0.15) is 0 Å². The number of hydrogen-bond acceptors (Lipinski definition) is 2. The third-order valence-electron chi connectivity index (χ3n) is 2.19. The Morgan fingerprint density at radius 3 is 2.21 bits per heavy atom. The Balaban J connectivity index is 3.93. The highest BCUT2D eigenvalue weighted by Crippen LogP contribution is 2.14. The molecule has 0 aromatic rings. The molecular weight excluding hydrogens is 182 g/mol. The van der Waals surface area contributed by atoms with Crippen molar-refractivity contribution in [3.63, 3.8) is 0 Å². The maximum atomic E-state index is 11.2. The van der Waals surface area contributed by atoms with Gasteiger partial charge in [0.05, 0.1) is 5.92 Å². The molecule has 0 saturated carbocycles. The Labute approximate surface area is 84.9 Å². The van der Waals surface area contributed by atoms with Gasteiger partial charge < -0.3 is 10.0 Å². The lowest BCUT2D eigenvalue weighted by Gasteiger charge is -2.13. The first-order valence-corrected chi connectivity index (χ1v) is 4.92. The molecule has 0 fully saturated rings. The minimum Gasteiger partial charge on any atom is -0.481 e. The third kappa shape index (κ3) is 4.84. The lowest BCUT2D eigenvalue weighted by atomic mass is 9.98. The van der Waals surface area contributed by atoms with Crippen molar-refractivity contribution in [2.24, 2.45) is 5.92 Å². The molecule has 0 heterocycles. The number of aliphatic carboxylic acids is 1. The zero-order valence-electron chi connectivity index (χ0n) is 9.12. The normalized spacial score (nSPS) is 12.2. The number of carbonyl (C=O) groups is 2. The van der Waals surface area contributed by atoms with E-state index in [2.05, 4.69) is 0 Å². The quantitative estimate of drug-likeness (QED) is 0.705. The van der Waals surface area contributed by atoms with Crippen LogP contribution in [0.3, 0.4) is 0 Å². The van der Waals surface area contributed by atoms with Crippen LogP contribution in [0.2, 0.25) is 0 Å². The van der Waals surface area contributed by atoms with E-state index < -0.39 is 5.97 Å². The molecule has 1 N–H and O–H groups in total. The van der Waals surface area contributed by atoms with E-state index in [4.69, 9.17) is 5.11 Å². The minimum absolute atomic E-state index is 0.00708. The highest BCUT2D eigenvalue weighted by molar-refractivity contribution is 5.77. The van der Waals surface area contributed by atoms with Crippen molar-refractivity contribution in [1.82, 2.24) is 4.90 Å². The zero-order valence-corrected chi connectivity index (χ0v) is 9.12. The molecule has 0 saturated heterocycles. The fourth-order valence-electron chi connectivity index (χ4n) is 1.26. The molecule has 0 rings (SSSR count). The van der Waals surface area contributed by atoms with Crippen molar-refractivity contribution in [1.29, 1.82) is 0 Å². The first kappa shape index (κ1) is 12.9. The van der Waals surface area contributed by atoms with Crippen molar-refractivity contribution >= 4 is 11.9 Å². The predicted molar refractivity (Wildman–Crippen MR) is 54.0 cm³/mol. The molecule has 1 amide bonds. The highest BCUT2D eigenvalue weighted by atomic mass is 16.4. The van der Waals surface area contributed by atoms with Crippen LogP contribution in [0.15, 0.2) is 0 Å². The van der Waals surface area contributed by atoms with Gasteiger partial charge in [0.25, 0.3) is 0 Å². The van der Waals surface area contributed by atoms with Crippen molar-refractivity contribution < 1.29 is 14.7 Å². The van der Waals surface area contributed by atoms with Gasteiger partial charge in [-0.15, -0.1) is 0 Å². The average molecular weight is 201 g/mol. The van der Waals surface area contributed by atoms with Crippen LogP contribution in [-0.4, -0.2) is 36.0 Å². The summed E-state index contributed by atoms with van der Waals surface area (Å²) in [5.41, 5.74) is 0. The Morgan fingerprint density at radius 1 is 1.29 bits per heavy atom. The Bertz CT molecular complexity index is 202. The van der Waals surface area contributed by atoms with Crippen LogP contribution in [-0.2, 0) is 9.59 Å². The second kappa shape index (κ2) is 6.40. The number of nitrogens with zero attached hydrogens (tertiary/aromatic N) is 1. The second-order valence-corrected chi connectivity index (χ2v) is 3.65. The summed E-state index contributed by atoms with van der Waals surface area (Å²) < 4.78 is 0. The molecule has 0 aromatic heterocycles. The van der Waals surface area contributed by atoms with Crippen LogP contribution in [0.5, 0.6) is 0 Å². The fraction of sp³-hybridized carbons (Fsp3) is 0.800. The molecular formula is C10H19NO3. The zero-order chi connectivity index (χ0) is 11.1. The number of carboxylic acids is 1. The maximum Gasteiger partial charge on any atom is 0.306 e. The molecule has 0 aliphatic carbocycles. The average Bonchev–Trinajstić information content (AvgIpc) is 2.10. The Kier molecular flexibility index (Phi) is 5.92. The van der Waals surface area contributed by atoms with Gasteiger partial charge in [0, 0.05) is 20.5 Å². The van der Waals surface area contributed by atoms with Gasteiger partial charge in [-0.25, -0.2) is 0 Å². The van der Waals surface area contributed by atoms with Gasteiger partial charge >= 0.3 is 5.97 Å². The Morgan fingerprint density at radius 2 is 1.86 bits per heavy atom. The summed E-state index contributed by atoms with van der Waals surface area (Å²) in [7, 11) is 3.36. The lowest BCUT2D eigenvalue weighted by Crippen LogP contribution is -2.23. The van der Waals surface area contributed by atoms with E-state index in [1.54, 1.807) is 14.1 Å². The monoisotopic (exact) mass is 201 g/mol. The summed E-state index contributed by atoms with van der Waals surface area (Å²) in [6.45, 7) is 1.95. The number of carboxylic acid groups (broad SMARTS) is 1. The van der Waals surface area contributed by atoms with Crippen molar-refractivity contribution in [2.75, 3.05) is 14.1 Å². The second-order valence-electron chi connectivity index (χ2n) is 3.65. The molecule has 0 spiro atoms. The van der Waals surface area contributed by atoms with Crippen molar-refractivity contribution in [3.8, 4) is 0 Å². The topological polar surface area (TPSA) is 57.6 Å². The molecule has 0 aliphatic heterocycles. The molecule has 0 bridgehead atoms. The van der Waals surface area contributed by atoms with Gasteiger partial charge in [-0.3, -0.25) is 9.59 Å². The van der Waals surface area contributed by atoms with E-state index in [0.29, 0.717) is 19.3 Å². The summed E-state index contributed by atoms with van der Waals surface area (Å²) in [4.78, 5) is 23.4. The number of carbonyl (C=O) groups excluding carboxylic acids is 1. The van der Waals surface area contributed by atoms with E-state index in [1.165, 1.54) is 4.90 Å². The summed E-state index contributed by atoms with van der Waals surface area (Å²) in [6, 6.07) is 0. The van der Waals surface area contributed by atoms with E-state index in [1.807, 2.05) is 6.92 Å². The van der Waals surface area contributed by atoms with Crippen LogP contribution < -0.4 is 0 Å². The minimum atomic E-state index is -0.793. The van der Waals surface area contributed by atoms with E-state index in [9.17, 15) is 9.59 Å². The van der Waals surface area contributed by atoms with Gasteiger partial charge in [-0.05, 0) is 12.8 Å². The van der Waals surface area contributed by atoms with E-state index >= 15 is 0 Å². The van der Waals surface area contributed by atoms with E-state index in [0.717, 1.165) is 6.42 Å². The van der Waals surface area contributed by atoms with Crippen LogP contribution in [0.25, 0.3) is 0 Å². The highest BCUT2D eigenvalue weighted by Gasteiger charge is 2.17. The van der Waals surface area contributed by atoms with Crippen LogP contribution >= 0.6 is 0 Å². The molecule has 0 aliphatic rings. The number of hydrogen-bond donors (Lipinski definition) is 1. The summed E-state index contributed by atoms with van der Waals surface area (Å²) in [5.74, 6) is -1.17. The lowest BCUT2D eigenvalue weighted by molar-refractivity contribution is -0.142. The van der Waals surface area contributed by atoms with Gasteiger partial charge in [-0.2, -0.15) is 0 Å². The van der Waals surface area contributed by atoms with E-state index in [-0.39, 0.29) is 11.8 Å². The molecule has 0 radical (unpaired) electrons. The molecule has 82 valence electrons. The van der Waals surface area contributed by atoms with Gasteiger partial charge in [-0.1, -0.05) is 13.3 Å². The molecule has 0 aromatic carbocycles. The molecule has 4 nitrogen and oxygen atoms in total. The van der Waals surface area contributed by atoms with Gasteiger partial charge in [0.15, 0.2) is 0 Å². The van der Waals surface area contributed by atoms with Crippen LogP contribution in [0.4, 0.5) is 0 Å². The van der Waals surface area contributed by atoms with Crippen molar-refractivity contribution in [3.05, 3.63) is 0 Å². The summed E-state index contributed by atoms with van der Waals surface area (Å²) in [6.07, 6.45) is 2.26. The third-order valence-corrected chi connectivity index (χ3v) is 2.19. The molecule has 1 unspecified atom stereocenters. The number of rotatable bonds is 6. The molecule has 14 heavy (non-hydrogen) atoms.